The molecule has 28 heavy (non-hydrogen) atoms. The van der Waals surface area contributed by atoms with E-state index in [4.69, 9.17) is 10.1 Å². The maximum atomic E-state index is 13.7. The number of nitrogens with zero attached hydrogens (tertiary/aromatic N) is 4. The maximum absolute atomic E-state index is 13.7. The summed E-state index contributed by atoms with van der Waals surface area (Å²) in [5.74, 6) is 2.11. The van der Waals surface area contributed by atoms with Crippen LogP contribution in [0, 0.1) is 5.92 Å². The fourth-order valence-corrected chi connectivity index (χ4v) is 4.95. The predicted molar refractivity (Wildman–Crippen MR) is 115 cm³/mol. The molecule has 0 radical (unpaired) electrons. The minimum Gasteiger partial charge on any atom is -0.268 e. The average Bonchev–Trinajstić information content (AvgIpc) is 2.97. The van der Waals surface area contributed by atoms with Gasteiger partial charge in [0.1, 0.15) is 0 Å². The van der Waals surface area contributed by atoms with Crippen LogP contribution in [0.1, 0.15) is 52.2 Å². The lowest BCUT2D eigenvalue weighted by Crippen LogP contribution is -2.36. The van der Waals surface area contributed by atoms with Gasteiger partial charge in [0.25, 0.3) is 5.56 Å². The minimum atomic E-state index is -0.262. The largest absolute Gasteiger partial charge is 0.268 e. The molecule has 1 aliphatic rings. The normalized spacial score (nSPS) is 15.1. The van der Waals surface area contributed by atoms with E-state index < -0.39 is 0 Å². The third-order valence-electron chi connectivity index (χ3n) is 5.26. The molecule has 0 aliphatic heterocycles. The highest BCUT2D eigenvalue weighted by Gasteiger charge is 2.36. The van der Waals surface area contributed by atoms with Crippen molar-refractivity contribution in [2.45, 2.75) is 64.6 Å². The molecule has 2 aromatic heterocycles. The van der Waals surface area contributed by atoms with Gasteiger partial charge in [0.2, 0.25) is 5.78 Å². The van der Waals surface area contributed by atoms with Crippen LogP contribution in [0.3, 0.4) is 0 Å². The molecule has 0 bridgehead atoms. The first kappa shape index (κ1) is 19.2. The topological polar surface area (TPSA) is 52.2 Å². The molecule has 0 fully saturated rings. The summed E-state index contributed by atoms with van der Waals surface area (Å²) in [5.41, 5.74) is 3.75. The summed E-state index contributed by atoms with van der Waals surface area (Å²) in [6, 6.07) is 8.32. The van der Waals surface area contributed by atoms with Crippen LogP contribution >= 0.6 is 11.8 Å². The highest BCUT2D eigenvalue weighted by Crippen LogP contribution is 2.40. The van der Waals surface area contributed by atoms with Gasteiger partial charge in [-0.15, -0.1) is 5.10 Å². The third kappa shape index (κ3) is 3.08. The molecular formula is C22H28N4OS. The van der Waals surface area contributed by atoms with Crippen LogP contribution in [-0.4, -0.2) is 24.9 Å². The van der Waals surface area contributed by atoms with Crippen LogP contribution in [0.2, 0.25) is 0 Å². The molecule has 5 nitrogen and oxygen atoms in total. The Bertz CT molecular complexity index is 1090. The van der Waals surface area contributed by atoms with Crippen LogP contribution < -0.4 is 5.56 Å². The van der Waals surface area contributed by atoms with Gasteiger partial charge in [0, 0.05) is 23.3 Å². The summed E-state index contributed by atoms with van der Waals surface area (Å²) in [6.07, 6.45) is 1.79. The van der Waals surface area contributed by atoms with Crippen molar-refractivity contribution in [2.75, 3.05) is 5.75 Å². The monoisotopic (exact) mass is 396 g/mol. The number of hydrogen-bond acceptors (Lipinski definition) is 4. The second-order valence-electron chi connectivity index (χ2n) is 8.70. The van der Waals surface area contributed by atoms with E-state index in [2.05, 4.69) is 52.8 Å². The lowest BCUT2D eigenvalue weighted by Gasteiger charge is -2.32. The van der Waals surface area contributed by atoms with E-state index in [9.17, 15) is 4.79 Å². The Morgan fingerprint density at radius 3 is 2.71 bits per heavy atom. The zero-order valence-electron chi connectivity index (χ0n) is 17.3. The zero-order chi connectivity index (χ0) is 20.1. The van der Waals surface area contributed by atoms with Gasteiger partial charge in [-0.25, -0.2) is 14.1 Å². The summed E-state index contributed by atoms with van der Waals surface area (Å²) in [4.78, 5) is 18.8. The molecular weight excluding hydrogens is 368 g/mol. The number of fused-ring (bicyclic) bond motifs is 4. The first-order chi connectivity index (χ1) is 13.3. The van der Waals surface area contributed by atoms with Crippen LogP contribution in [-0.2, 0) is 18.4 Å². The summed E-state index contributed by atoms with van der Waals surface area (Å²) >= 11 is 1.65. The van der Waals surface area contributed by atoms with E-state index in [-0.39, 0.29) is 11.0 Å². The van der Waals surface area contributed by atoms with Crippen LogP contribution in [0.5, 0.6) is 0 Å². The SMILES string of the molecule is CCCn1nc(SCC(C)C)n2c(=O)c3c(nc12)-c1ccccc1CC3(C)C. The molecule has 3 aromatic rings. The van der Waals surface area contributed by atoms with E-state index in [1.54, 1.807) is 16.2 Å². The highest BCUT2D eigenvalue weighted by atomic mass is 32.2. The summed E-state index contributed by atoms with van der Waals surface area (Å²) in [5, 5.41) is 5.52. The quantitative estimate of drug-likeness (QED) is 0.594. The number of aryl methyl sites for hydroxylation is 1. The second-order valence-corrected chi connectivity index (χ2v) is 9.69. The van der Waals surface area contributed by atoms with Crippen molar-refractivity contribution in [3.8, 4) is 11.3 Å². The van der Waals surface area contributed by atoms with Gasteiger partial charge in [0.15, 0.2) is 5.16 Å². The Morgan fingerprint density at radius 1 is 1.25 bits per heavy atom. The summed E-state index contributed by atoms with van der Waals surface area (Å²) in [6.45, 7) is 11.5. The molecule has 0 N–H and O–H groups in total. The molecule has 0 amide bonds. The van der Waals surface area contributed by atoms with Crippen molar-refractivity contribution in [1.82, 2.24) is 19.2 Å². The standard InChI is InChI=1S/C22H28N4OS/c1-6-11-25-20-23-18-16-10-8-7-9-15(16)12-22(4,5)17(18)19(27)26(20)21(24-25)28-13-14(2)3/h7-10,14H,6,11-13H2,1-5H3. The van der Waals surface area contributed by atoms with Crippen molar-refractivity contribution >= 4 is 17.5 Å². The molecule has 0 spiro atoms. The zero-order valence-corrected chi connectivity index (χ0v) is 18.1. The molecule has 6 heteroatoms. The van der Waals surface area contributed by atoms with E-state index in [0.29, 0.717) is 11.7 Å². The number of benzene rings is 1. The minimum absolute atomic E-state index is 0.0353. The van der Waals surface area contributed by atoms with Gasteiger partial charge >= 0.3 is 0 Å². The number of aromatic nitrogens is 4. The average molecular weight is 397 g/mol. The van der Waals surface area contributed by atoms with Crippen LogP contribution in [0.4, 0.5) is 0 Å². The first-order valence-corrected chi connectivity index (χ1v) is 11.1. The molecule has 4 rings (SSSR count). The Labute approximate surface area is 170 Å². The van der Waals surface area contributed by atoms with Crippen LogP contribution in [0.15, 0.2) is 34.2 Å². The molecule has 0 saturated heterocycles. The highest BCUT2D eigenvalue weighted by molar-refractivity contribution is 7.99. The van der Waals surface area contributed by atoms with Crippen molar-refractivity contribution in [3.05, 3.63) is 45.7 Å². The van der Waals surface area contributed by atoms with Crippen molar-refractivity contribution in [1.29, 1.82) is 0 Å². The third-order valence-corrected chi connectivity index (χ3v) is 6.61. The molecule has 2 heterocycles. The van der Waals surface area contributed by atoms with Crippen molar-refractivity contribution in [3.63, 3.8) is 0 Å². The van der Waals surface area contributed by atoms with Crippen molar-refractivity contribution < 1.29 is 0 Å². The molecule has 1 aromatic carbocycles. The lowest BCUT2D eigenvalue weighted by molar-refractivity contribution is 0.505. The van der Waals surface area contributed by atoms with E-state index in [1.807, 2.05) is 10.7 Å². The Balaban J connectivity index is 2.03. The van der Waals surface area contributed by atoms with Crippen molar-refractivity contribution in [2.24, 2.45) is 5.92 Å². The van der Waals surface area contributed by atoms with Gasteiger partial charge < -0.3 is 0 Å². The van der Waals surface area contributed by atoms with Crippen LogP contribution in [0.25, 0.3) is 17.0 Å². The van der Waals surface area contributed by atoms with Gasteiger partial charge in [0.05, 0.1) is 11.3 Å². The molecule has 1 aliphatic carbocycles. The summed E-state index contributed by atoms with van der Waals surface area (Å²) in [7, 11) is 0. The second kappa shape index (κ2) is 7.07. The molecule has 0 saturated carbocycles. The Morgan fingerprint density at radius 2 is 2.00 bits per heavy atom. The number of rotatable bonds is 5. The predicted octanol–water partition coefficient (Wildman–Crippen LogP) is 4.55. The van der Waals surface area contributed by atoms with E-state index in [1.165, 1.54) is 5.56 Å². The fourth-order valence-electron chi connectivity index (χ4n) is 4.02. The van der Waals surface area contributed by atoms with Gasteiger partial charge in [-0.05, 0) is 24.3 Å². The number of hydrogen-bond donors (Lipinski definition) is 0. The fraction of sp³-hybridized carbons (Fsp3) is 0.500. The Kier molecular flexibility index (Phi) is 4.86. The van der Waals surface area contributed by atoms with Gasteiger partial charge in [-0.3, -0.25) is 4.79 Å². The lowest BCUT2D eigenvalue weighted by atomic mass is 9.72. The number of thioether (sulfide) groups is 1. The Hall–Kier alpha value is -2.08. The molecule has 0 unspecified atom stereocenters. The van der Waals surface area contributed by atoms with Gasteiger partial charge in [-0.2, -0.15) is 0 Å². The maximum Gasteiger partial charge on any atom is 0.265 e. The molecule has 0 atom stereocenters. The first-order valence-electron chi connectivity index (χ1n) is 10.1. The van der Waals surface area contributed by atoms with Gasteiger partial charge in [-0.1, -0.05) is 70.6 Å². The van der Waals surface area contributed by atoms with E-state index >= 15 is 0 Å². The summed E-state index contributed by atoms with van der Waals surface area (Å²) < 4.78 is 3.64. The van der Waals surface area contributed by atoms with E-state index in [0.717, 1.165) is 47.1 Å². The molecule has 148 valence electrons. The smallest absolute Gasteiger partial charge is 0.265 e.